The van der Waals surface area contributed by atoms with Crippen molar-refractivity contribution in [3.63, 3.8) is 0 Å². The maximum absolute atomic E-state index is 4.82. The van der Waals surface area contributed by atoms with Gasteiger partial charge in [0.25, 0.3) is 0 Å². The van der Waals surface area contributed by atoms with Crippen molar-refractivity contribution in [1.82, 2.24) is 9.78 Å². The Morgan fingerprint density at radius 3 is 3.12 bits per heavy atom. The Morgan fingerprint density at radius 2 is 2.35 bits per heavy atom. The van der Waals surface area contributed by atoms with Crippen LogP contribution in [0.2, 0.25) is 0 Å². The predicted octanol–water partition coefficient (Wildman–Crippen LogP) is 2.41. The Hall–Kier alpha value is -0.970. The lowest BCUT2D eigenvalue weighted by Crippen LogP contribution is -2.25. The number of aromatic nitrogens is 2. The van der Waals surface area contributed by atoms with Gasteiger partial charge in [0.15, 0.2) is 5.17 Å². The third-order valence-electron chi connectivity index (χ3n) is 3.59. The zero-order valence-corrected chi connectivity index (χ0v) is 11.1. The SMILES string of the molecule is Cc1nn(C)cc1NC1=NC2CCCC2CS1. The number of fused-ring (bicyclic) bond motifs is 1. The van der Waals surface area contributed by atoms with Crippen LogP contribution >= 0.6 is 11.8 Å². The summed E-state index contributed by atoms with van der Waals surface area (Å²) in [5, 5.41) is 8.82. The third-order valence-corrected chi connectivity index (χ3v) is 4.67. The lowest BCUT2D eigenvalue weighted by molar-refractivity contribution is 0.535. The van der Waals surface area contributed by atoms with E-state index in [-0.39, 0.29) is 0 Å². The van der Waals surface area contributed by atoms with E-state index in [1.807, 2.05) is 36.6 Å². The van der Waals surface area contributed by atoms with Gasteiger partial charge in [-0.25, -0.2) is 0 Å². The molecule has 92 valence electrons. The van der Waals surface area contributed by atoms with Crippen LogP contribution in [0, 0.1) is 12.8 Å². The van der Waals surface area contributed by atoms with Crippen molar-refractivity contribution in [2.45, 2.75) is 32.2 Å². The highest BCUT2D eigenvalue weighted by Crippen LogP contribution is 2.35. The van der Waals surface area contributed by atoms with E-state index in [0.717, 1.165) is 22.5 Å². The van der Waals surface area contributed by atoms with Gasteiger partial charge in [-0.05, 0) is 25.7 Å². The fraction of sp³-hybridized carbons (Fsp3) is 0.667. The molecular weight excluding hydrogens is 232 g/mol. The van der Waals surface area contributed by atoms with Crippen LogP contribution in [0.25, 0.3) is 0 Å². The van der Waals surface area contributed by atoms with Gasteiger partial charge in [-0.15, -0.1) is 0 Å². The molecule has 1 aliphatic heterocycles. The molecule has 1 saturated carbocycles. The lowest BCUT2D eigenvalue weighted by Gasteiger charge is -2.23. The van der Waals surface area contributed by atoms with Crippen LogP contribution in [0.4, 0.5) is 5.69 Å². The molecule has 5 heteroatoms. The monoisotopic (exact) mass is 250 g/mol. The molecule has 1 fully saturated rings. The molecule has 1 N–H and O–H groups in total. The Bertz CT molecular complexity index is 451. The zero-order valence-electron chi connectivity index (χ0n) is 10.3. The summed E-state index contributed by atoms with van der Waals surface area (Å²) in [4.78, 5) is 4.82. The number of nitrogens with one attached hydrogen (secondary N) is 1. The van der Waals surface area contributed by atoms with E-state index in [0.29, 0.717) is 6.04 Å². The van der Waals surface area contributed by atoms with E-state index in [1.54, 1.807) is 0 Å². The minimum atomic E-state index is 0.565. The quantitative estimate of drug-likeness (QED) is 0.832. The molecule has 1 aromatic heterocycles. The van der Waals surface area contributed by atoms with Crippen LogP contribution in [0.5, 0.6) is 0 Å². The number of hydrogen-bond acceptors (Lipinski definition) is 4. The lowest BCUT2D eigenvalue weighted by atomic mass is 10.1. The number of amidine groups is 1. The molecule has 1 aliphatic carbocycles. The first kappa shape index (κ1) is 11.1. The normalized spacial score (nSPS) is 27.8. The first-order valence-corrected chi connectivity index (χ1v) is 7.19. The molecule has 0 radical (unpaired) electrons. The van der Waals surface area contributed by atoms with Gasteiger partial charge >= 0.3 is 0 Å². The van der Waals surface area contributed by atoms with E-state index < -0.39 is 0 Å². The van der Waals surface area contributed by atoms with Crippen molar-refractivity contribution < 1.29 is 0 Å². The fourth-order valence-electron chi connectivity index (χ4n) is 2.66. The first-order chi connectivity index (χ1) is 8.22. The third kappa shape index (κ3) is 2.20. The topological polar surface area (TPSA) is 42.2 Å². The van der Waals surface area contributed by atoms with Crippen molar-refractivity contribution in [3.8, 4) is 0 Å². The highest BCUT2D eigenvalue weighted by atomic mass is 32.2. The van der Waals surface area contributed by atoms with Crippen molar-refractivity contribution in [1.29, 1.82) is 0 Å². The molecule has 0 aromatic carbocycles. The standard InChI is InChI=1S/C12H18N4S/c1-8-11(6-16(2)15-8)14-12-13-10-5-3-4-9(10)7-17-12/h6,9-10H,3-5,7H2,1-2H3,(H,13,14). The molecule has 3 rings (SSSR count). The zero-order chi connectivity index (χ0) is 11.8. The molecule has 0 amide bonds. The summed E-state index contributed by atoms with van der Waals surface area (Å²) < 4.78 is 1.84. The summed E-state index contributed by atoms with van der Waals surface area (Å²) >= 11 is 1.85. The maximum atomic E-state index is 4.82. The summed E-state index contributed by atoms with van der Waals surface area (Å²) in [6.07, 6.45) is 5.99. The minimum absolute atomic E-state index is 0.565. The molecule has 2 atom stereocenters. The van der Waals surface area contributed by atoms with Crippen LogP contribution in [0.3, 0.4) is 0 Å². The maximum Gasteiger partial charge on any atom is 0.161 e. The van der Waals surface area contributed by atoms with Crippen molar-refractivity contribution in [2.75, 3.05) is 11.1 Å². The van der Waals surface area contributed by atoms with Crippen LogP contribution in [-0.2, 0) is 7.05 Å². The first-order valence-electron chi connectivity index (χ1n) is 6.20. The molecule has 4 nitrogen and oxygen atoms in total. The molecule has 2 aliphatic rings. The van der Waals surface area contributed by atoms with Gasteiger partial charge < -0.3 is 5.32 Å². The molecule has 2 unspecified atom stereocenters. The van der Waals surface area contributed by atoms with Gasteiger partial charge in [-0.3, -0.25) is 9.67 Å². The highest BCUT2D eigenvalue weighted by molar-refractivity contribution is 8.14. The average molecular weight is 250 g/mol. The van der Waals surface area contributed by atoms with Crippen LogP contribution in [0.15, 0.2) is 11.2 Å². The average Bonchev–Trinajstić information content (AvgIpc) is 2.85. The number of nitrogens with zero attached hydrogens (tertiary/aromatic N) is 3. The van der Waals surface area contributed by atoms with Gasteiger partial charge in [-0.1, -0.05) is 18.2 Å². The molecule has 0 spiro atoms. The number of rotatable bonds is 1. The second-order valence-electron chi connectivity index (χ2n) is 4.93. The number of aliphatic imine (C=N–C) groups is 1. The van der Waals surface area contributed by atoms with Gasteiger partial charge in [0.1, 0.15) is 0 Å². The summed E-state index contributed by atoms with van der Waals surface area (Å²) in [5.41, 5.74) is 2.11. The van der Waals surface area contributed by atoms with Gasteiger partial charge in [0.05, 0.1) is 17.4 Å². The van der Waals surface area contributed by atoms with Gasteiger partial charge in [0, 0.05) is 19.0 Å². The molecule has 17 heavy (non-hydrogen) atoms. The molecule has 0 bridgehead atoms. The summed E-state index contributed by atoms with van der Waals surface area (Å²) in [5.74, 6) is 2.04. The fourth-order valence-corrected chi connectivity index (χ4v) is 3.81. The summed E-state index contributed by atoms with van der Waals surface area (Å²) in [6, 6.07) is 0.565. The van der Waals surface area contributed by atoms with Crippen molar-refractivity contribution in [2.24, 2.45) is 18.0 Å². The Labute approximate surface area is 106 Å². The summed E-state index contributed by atoms with van der Waals surface area (Å²) in [7, 11) is 1.95. The van der Waals surface area contributed by atoms with Crippen LogP contribution < -0.4 is 5.32 Å². The molecular formula is C12H18N4S. The Morgan fingerprint density at radius 1 is 1.47 bits per heavy atom. The second-order valence-corrected chi connectivity index (χ2v) is 5.94. The molecule has 0 saturated heterocycles. The minimum Gasteiger partial charge on any atom is -0.332 e. The van der Waals surface area contributed by atoms with Crippen LogP contribution in [0.1, 0.15) is 25.0 Å². The second kappa shape index (κ2) is 4.37. The number of thioether (sulfide) groups is 1. The van der Waals surface area contributed by atoms with Gasteiger partial charge in [-0.2, -0.15) is 5.10 Å². The van der Waals surface area contributed by atoms with Crippen molar-refractivity contribution >= 4 is 22.6 Å². The van der Waals surface area contributed by atoms with Gasteiger partial charge in [0.2, 0.25) is 0 Å². The number of anilines is 1. The van der Waals surface area contributed by atoms with E-state index in [1.165, 1.54) is 25.0 Å². The summed E-state index contributed by atoms with van der Waals surface area (Å²) in [6.45, 7) is 2.02. The predicted molar refractivity (Wildman–Crippen MR) is 72.6 cm³/mol. The number of hydrogen-bond donors (Lipinski definition) is 1. The molecule has 2 heterocycles. The Kier molecular flexibility index (Phi) is 2.86. The van der Waals surface area contributed by atoms with Crippen molar-refractivity contribution in [3.05, 3.63) is 11.9 Å². The van der Waals surface area contributed by atoms with E-state index in [2.05, 4.69) is 10.4 Å². The van der Waals surface area contributed by atoms with E-state index in [4.69, 9.17) is 4.99 Å². The highest BCUT2D eigenvalue weighted by Gasteiger charge is 2.31. The molecule has 1 aromatic rings. The largest absolute Gasteiger partial charge is 0.332 e. The smallest absolute Gasteiger partial charge is 0.161 e. The number of aryl methyl sites for hydroxylation is 2. The van der Waals surface area contributed by atoms with E-state index >= 15 is 0 Å². The van der Waals surface area contributed by atoms with Crippen LogP contribution in [-0.4, -0.2) is 26.7 Å². The van der Waals surface area contributed by atoms with E-state index in [9.17, 15) is 0 Å². The Balaban J connectivity index is 1.75.